The summed E-state index contributed by atoms with van der Waals surface area (Å²) in [6, 6.07) is 16.9. The largest absolute Gasteiger partial charge is 0.465 e. The highest BCUT2D eigenvalue weighted by atomic mass is 16.3. The molecule has 124 valence electrons. The van der Waals surface area contributed by atoms with E-state index < -0.39 is 17.0 Å². The average molecular weight is 332 g/mol. The van der Waals surface area contributed by atoms with Gasteiger partial charge in [-0.25, -0.2) is 0 Å². The van der Waals surface area contributed by atoms with E-state index in [0.29, 0.717) is 11.1 Å². The summed E-state index contributed by atoms with van der Waals surface area (Å²) in [5.74, 6) is -0.482. The lowest BCUT2D eigenvalue weighted by Gasteiger charge is -2.09. The lowest BCUT2D eigenvalue weighted by Crippen LogP contribution is -2.25. The van der Waals surface area contributed by atoms with Crippen molar-refractivity contribution in [1.82, 2.24) is 0 Å². The zero-order valence-corrected chi connectivity index (χ0v) is 13.9. The summed E-state index contributed by atoms with van der Waals surface area (Å²) >= 11 is 0. The van der Waals surface area contributed by atoms with Gasteiger partial charge in [0.15, 0.2) is 11.6 Å². The van der Waals surface area contributed by atoms with Gasteiger partial charge in [-0.15, -0.1) is 0 Å². The second-order valence-corrected chi connectivity index (χ2v) is 5.68. The Hall–Kier alpha value is -3.27. The maximum absolute atomic E-state index is 12.9. The third-order valence-corrected chi connectivity index (χ3v) is 3.99. The van der Waals surface area contributed by atoms with E-state index in [1.807, 2.05) is 0 Å². The van der Waals surface area contributed by atoms with Crippen molar-refractivity contribution in [2.75, 3.05) is 0 Å². The monoisotopic (exact) mass is 332 g/mol. The van der Waals surface area contributed by atoms with Crippen molar-refractivity contribution in [2.45, 2.75) is 13.8 Å². The maximum Gasteiger partial charge on any atom is 0.207 e. The zero-order chi connectivity index (χ0) is 18.0. The third-order valence-electron chi connectivity index (χ3n) is 3.99. The average Bonchev–Trinajstić information content (AvgIpc) is 2.62. The van der Waals surface area contributed by atoms with Gasteiger partial charge in [-0.05, 0) is 13.8 Å². The summed E-state index contributed by atoms with van der Waals surface area (Å²) in [6.07, 6.45) is 0. The molecule has 0 atom stereocenters. The van der Waals surface area contributed by atoms with Gasteiger partial charge in [-0.1, -0.05) is 60.7 Å². The van der Waals surface area contributed by atoms with E-state index in [1.165, 1.54) is 0 Å². The van der Waals surface area contributed by atoms with Crippen LogP contribution in [-0.4, -0.2) is 11.6 Å². The standard InChI is InChI=1S/C21H16O4/c1-13-17(19(22)15-9-5-3-6-10-15)21(24)18(14(2)25-13)20(23)16-11-7-4-8-12-16/h3-12H,1-2H3. The van der Waals surface area contributed by atoms with Gasteiger partial charge in [0.2, 0.25) is 5.43 Å². The molecular formula is C21H16O4. The van der Waals surface area contributed by atoms with Gasteiger partial charge in [-0.2, -0.15) is 0 Å². The summed E-state index contributed by atoms with van der Waals surface area (Å²) < 4.78 is 5.56. The second kappa shape index (κ2) is 6.69. The van der Waals surface area contributed by atoms with Crippen LogP contribution < -0.4 is 5.43 Å². The molecule has 0 saturated carbocycles. The molecule has 25 heavy (non-hydrogen) atoms. The number of aryl methyl sites for hydroxylation is 2. The second-order valence-electron chi connectivity index (χ2n) is 5.68. The predicted octanol–water partition coefficient (Wildman–Crippen LogP) is 3.72. The molecule has 4 nitrogen and oxygen atoms in total. The number of ketones is 2. The van der Waals surface area contributed by atoms with Crippen molar-refractivity contribution < 1.29 is 14.0 Å². The Labute approximate surface area is 144 Å². The van der Waals surface area contributed by atoms with Crippen LogP contribution in [0.5, 0.6) is 0 Å². The Morgan fingerprint density at radius 2 is 1.04 bits per heavy atom. The molecule has 0 spiro atoms. The molecule has 1 aromatic heterocycles. The minimum atomic E-state index is -0.594. The Kier molecular flexibility index (Phi) is 4.44. The smallest absolute Gasteiger partial charge is 0.207 e. The number of carbonyl (C=O) groups is 2. The topological polar surface area (TPSA) is 64.3 Å². The summed E-state index contributed by atoms with van der Waals surface area (Å²) in [5, 5.41) is 0. The Morgan fingerprint density at radius 1 is 0.680 bits per heavy atom. The number of rotatable bonds is 4. The fourth-order valence-corrected chi connectivity index (χ4v) is 2.77. The number of benzene rings is 2. The first-order chi connectivity index (χ1) is 12.0. The normalized spacial score (nSPS) is 10.5. The van der Waals surface area contributed by atoms with Crippen LogP contribution in [0.1, 0.15) is 43.4 Å². The molecule has 1 heterocycles. The van der Waals surface area contributed by atoms with E-state index in [-0.39, 0.29) is 22.6 Å². The fraction of sp³-hybridized carbons (Fsp3) is 0.0952. The molecule has 0 amide bonds. The van der Waals surface area contributed by atoms with Crippen molar-refractivity contribution in [3.05, 3.63) is 105 Å². The lowest BCUT2D eigenvalue weighted by atomic mass is 9.96. The summed E-state index contributed by atoms with van der Waals surface area (Å²) in [5.41, 5.74) is -0.0455. The summed E-state index contributed by atoms with van der Waals surface area (Å²) in [6.45, 7) is 3.11. The van der Waals surface area contributed by atoms with E-state index in [1.54, 1.807) is 74.5 Å². The van der Waals surface area contributed by atoms with Gasteiger partial charge >= 0.3 is 0 Å². The van der Waals surface area contributed by atoms with Crippen LogP contribution in [0.4, 0.5) is 0 Å². The SMILES string of the molecule is Cc1oc(C)c(C(=O)c2ccccc2)c(=O)c1C(=O)c1ccccc1. The van der Waals surface area contributed by atoms with E-state index in [4.69, 9.17) is 4.42 Å². The first-order valence-corrected chi connectivity index (χ1v) is 7.84. The van der Waals surface area contributed by atoms with Gasteiger partial charge < -0.3 is 4.42 Å². The number of carbonyl (C=O) groups excluding carboxylic acids is 2. The van der Waals surface area contributed by atoms with Crippen molar-refractivity contribution >= 4 is 11.6 Å². The molecule has 0 aliphatic rings. The van der Waals surface area contributed by atoms with Gasteiger partial charge in [0.25, 0.3) is 0 Å². The summed E-state index contributed by atoms with van der Waals surface area (Å²) in [4.78, 5) is 38.4. The highest BCUT2D eigenvalue weighted by molar-refractivity contribution is 6.13. The Bertz CT molecular complexity index is 921. The van der Waals surface area contributed by atoms with Crippen LogP contribution in [0, 0.1) is 13.8 Å². The molecule has 0 aliphatic carbocycles. The van der Waals surface area contributed by atoms with Crippen LogP contribution in [0.2, 0.25) is 0 Å². The highest BCUT2D eigenvalue weighted by Crippen LogP contribution is 2.17. The van der Waals surface area contributed by atoms with E-state index >= 15 is 0 Å². The zero-order valence-electron chi connectivity index (χ0n) is 13.9. The molecule has 0 bridgehead atoms. The van der Waals surface area contributed by atoms with Crippen LogP contribution >= 0.6 is 0 Å². The van der Waals surface area contributed by atoms with E-state index in [0.717, 1.165) is 0 Å². The van der Waals surface area contributed by atoms with Crippen molar-refractivity contribution in [2.24, 2.45) is 0 Å². The molecule has 0 aliphatic heterocycles. The van der Waals surface area contributed by atoms with Crippen molar-refractivity contribution in [3.63, 3.8) is 0 Å². The molecule has 2 aromatic carbocycles. The first kappa shape index (κ1) is 16.6. The van der Waals surface area contributed by atoms with Gasteiger partial charge in [0, 0.05) is 11.1 Å². The van der Waals surface area contributed by atoms with Gasteiger partial charge in [0.1, 0.15) is 22.6 Å². The molecule has 0 radical (unpaired) electrons. The Balaban J connectivity index is 2.18. The first-order valence-electron chi connectivity index (χ1n) is 7.84. The Morgan fingerprint density at radius 3 is 1.40 bits per heavy atom. The summed E-state index contributed by atoms with van der Waals surface area (Å²) in [7, 11) is 0. The molecule has 0 saturated heterocycles. The quantitative estimate of drug-likeness (QED) is 0.683. The molecule has 3 rings (SSSR count). The molecule has 0 fully saturated rings. The number of hydrogen-bond donors (Lipinski definition) is 0. The molecule has 0 unspecified atom stereocenters. The van der Waals surface area contributed by atoms with Crippen LogP contribution in [-0.2, 0) is 0 Å². The van der Waals surface area contributed by atoms with Crippen molar-refractivity contribution in [1.29, 1.82) is 0 Å². The fourth-order valence-electron chi connectivity index (χ4n) is 2.77. The van der Waals surface area contributed by atoms with E-state index in [9.17, 15) is 14.4 Å². The predicted molar refractivity (Wildman–Crippen MR) is 94.2 cm³/mol. The minimum absolute atomic E-state index is 0.101. The maximum atomic E-state index is 12.9. The highest BCUT2D eigenvalue weighted by Gasteiger charge is 2.25. The minimum Gasteiger partial charge on any atom is -0.465 e. The van der Waals surface area contributed by atoms with Crippen LogP contribution in [0.15, 0.2) is 69.9 Å². The van der Waals surface area contributed by atoms with Gasteiger partial charge in [0.05, 0.1) is 0 Å². The molecule has 4 heteroatoms. The third kappa shape index (κ3) is 3.06. The number of hydrogen-bond acceptors (Lipinski definition) is 4. The molecule has 0 N–H and O–H groups in total. The van der Waals surface area contributed by atoms with Gasteiger partial charge in [-0.3, -0.25) is 14.4 Å². The van der Waals surface area contributed by atoms with Crippen molar-refractivity contribution in [3.8, 4) is 0 Å². The van der Waals surface area contributed by atoms with E-state index in [2.05, 4.69) is 0 Å². The lowest BCUT2D eigenvalue weighted by molar-refractivity contribution is 0.103. The molecular weight excluding hydrogens is 316 g/mol. The van der Waals surface area contributed by atoms with Crippen LogP contribution in [0.25, 0.3) is 0 Å². The molecule has 3 aromatic rings. The van der Waals surface area contributed by atoms with Crippen LogP contribution in [0.3, 0.4) is 0 Å².